The van der Waals surface area contributed by atoms with E-state index in [1.165, 1.54) is 45.1 Å². The van der Waals surface area contributed by atoms with Crippen LogP contribution in [0, 0.1) is 0 Å². The fraction of sp³-hybridized carbons (Fsp3) is 1.00. The number of hydrogen-bond acceptors (Lipinski definition) is 3. The van der Waals surface area contributed by atoms with Crippen LogP contribution in [0.4, 0.5) is 0 Å². The minimum absolute atomic E-state index is 0.362. The molecule has 1 aliphatic carbocycles. The summed E-state index contributed by atoms with van der Waals surface area (Å²) in [5.41, 5.74) is 0.362. The second kappa shape index (κ2) is 5.48. The summed E-state index contributed by atoms with van der Waals surface area (Å²) in [6, 6.07) is 0.579. The van der Waals surface area contributed by atoms with Gasteiger partial charge in [-0.25, -0.2) is 0 Å². The smallest absolute Gasteiger partial charge is 0.0724 e. The topological polar surface area (TPSA) is 33.3 Å². The molecule has 16 heavy (non-hydrogen) atoms. The van der Waals surface area contributed by atoms with E-state index in [9.17, 15) is 0 Å². The molecular weight excluding hydrogens is 200 g/mol. The highest BCUT2D eigenvalue weighted by molar-refractivity contribution is 4.96. The Morgan fingerprint density at radius 2 is 2.25 bits per heavy atom. The monoisotopic (exact) mass is 226 g/mol. The maximum atomic E-state index is 5.52. The van der Waals surface area contributed by atoms with Crippen LogP contribution < -0.4 is 10.6 Å². The van der Waals surface area contributed by atoms with Crippen molar-refractivity contribution in [1.82, 2.24) is 10.6 Å². The molecule has 0 bridgehead atoms. The number of ether oxygens (including phenoxy) is 1. The number of rotatable bonds is 5. The van der Waals surface area contributed by atoms with Crippen LogP contribution in [0.3, 0.4) is 0 Å². The van der Waals surface area contributed by atoms with Crippen LogP contribution >= 0.6 is 0 Å². The molecule has 3 nitrogen and oxygen atoms in total. The molecule has 0 aromatic carbocycles. The van der Waals surface area contributed by atoms with E-state index in [-0.39, 0.29) is 0 Å². The first-order chi connectivity index (χ1) is 7.79. The largest absolute Gasteiger partial charge is 0.380 e. The standard InChI is InChI=1S/C13H26N2O/c1-3-13(8-5-9-15-13)10-14-11-6-4-7-12(11)16-2/h11-12,14-15H,3-10H2,1-2H3. The lowest BCUT2D eigenvalue weighted by atomic mass is 9.93. The predicted molar refractivity (Wildman–Crippen MR) is 66.7 cm³/mol. The molecule has 3 heteroatoms. The molecule has 0 amide bonds. The summed E-state index contributed by atoms with van der Waals surface area (Å²) in [4.78, 5) is 0. The van der Waals surface area contributed by atoms with E-state index in [1.807, 2.05) is 7.11 Å². The lowest BCUT2D eigenvalue weighted by molar-refractivity contribution is 0.0824. The molecule has 2 N–H and O–H groups in total. The van der Waals surface area contributed by atoms with Gasteiger partial charge < -0.3 is 15.4 Å². The molecule has 1 saturated heterocycles. The average Bonchev–Trinajstić information content (AvgIpc) is 2.96. The molecule has 1 heterocycles. The van der Waals surface area contributed by atoms with Crippen LogP contribution in [0.1, 0.15) is 45.4 Å². The van der Waals surface area contributed by atoms with Gasteiger partial charge in [-0.15, -0.1) is 0 Å². The van der Waals surface area contributed by atoms with Crippen molar-refractivity contribution in [3.05, 3.63) is 0 Å². The Hall–Kier alpha value is -0.120. The van der Waals surface area contributed by atoms with E-state index in [1.54, 1.807) is 0 Å². The van der Waals surface area contributed by atoms with Gasteiger partial charge in [0.15, 0.2) is 0 Å². The maximum Gasteiger partial charge on any atom is 0.0724 e. The SMILES string of the molecule is CCC1(CNC2CCCC2OC)CCCN1. The van der Waals surface area contributed by atoms with Gasteiger partial charge in [0.1, 0.15) is 0 Å². The summed E-state index contributed by atoms with van der Waals surface area (Å²) in [5, 5.41) is 7.40. The minimum atomic E-state index is 0.362. The molecule has 2 rings (SSSR count). The normalized spacial score (nSPS) is 39.4. The Morgan fingerprint density at radius 1 is 1.38 bits per heavy atom. The van der Waals surface area contributed by atoms with Gasteiger partial charge in [-0.2, -0.15) is 0 Å². The molecule has 2 aliphatic rings. The van der Waals surface area contributed by atoms with E-state index in [0.717, 1.165) is 6.54 Å². The third-order valence-electron chi connectivity index (χ3n) is 4.47. The van der Waals surface area contributed by atoms with E-state index in [0.29, 0.717) is 17.7 Å². The summed E-state index contributed by atoms with van der Waals surface area (Å²) in [7, 11) is 1.84. The van der Waals surface area contributed by atoms with E-state index in [4.69, 9.17) is 4.74 Å². The van der Waals surface area contributed by atoms with Crippen molar-refractivity contribution in [3.63, 3.8) is 0 Å². The Morgan fingerprint density at radius 3 is 2.88 bits per heavy atom. The zero-order valence-electron chi connectivity index (χ0n) is 10.7. The van der Waals surface area contributed by atoms with Gasteiger partial charge in [-0.05, 0) is 45.1 Å². The van der Waals surface area contributed by atoms with Gasteiger partial charge in [0.25, 0.3) is 0 Å². The molecule has 0 aromatic heterocycles. The van der Waals surface area contributed by atoms with Gasteiger partial charge >= 0.3 is 0 Å². The number of hydrogen-bond donors (Lipinski definition) is 2. The molecular formula is C13H26N2O. The van der Waals surface area contributed by atoms with E-state index >= 15 is 0 Å². The van der Waals surface area contributed by atoms with Crippen LogP contribution in [-0.4, -0.2) is 37.9 Å². The van der Waals surface area contributed by atoms with Gasteiger partial charge in [0.2, 0.25) is 0 Å². The minimum Gasteiger partial charge on any atom is -0.380 e. The summed E-state index contributed by atoms with van der Waals surface area (Å²) in [6.07, 6.45) is 8.12. The zero-order chi connectivity index (χ0) is 11.4. The molecule has 0 aromatic rings. The van der Waals surface area contributed by atoms with Crippen LogP contribution in [-0.2, 0) is 4.74 Å². The molecule has 2 fully saturated rings. The van der Waals surface area contributed by atoms with Crippen molar-refractivity contribution in [1.29, 1.82) is 0 Å². The first kappa shape index (κ1) is 12.3. The van der Waals surface area contributed by atoms with Gasteiger partial charge in [0, 0.05) is 25.2 Å². The van der Waals surface area contributed by atoms with Gasteiger partial charge in [0.05, 0.1) is 6.10 Å². The maximum absolute atomic E-state index is 5.52. The summed E-state index contributed by atoms with van der Waals surface area (Å²) in [6.45, 7) is 4.59. The van der Waals surface area contributed by atoms with Crippen LogP contribution in [0.5, 0.6) is 0 Å². The van der Waals surface area contributed by atoms with Crippen molar-refractivity contribution >= 4 is 0 Å². The fourth-order valence-corrected chi connectivity index (χ4v) is 3.21. The highest BCUT2D eigenvalue weighted by atomic mass is 16.5. The molecule has 3 atom stereocenters. The Bertz CT molecular complexity index is 214. The second-order valence-corrected chi connectivity index (χ2v) is 5.36. The van der Waals surface area contributed by atoms with Crippen LogP contribution in [0.2, 0.25) is 0 Å². The quantitative estimate of drug-likeness (QED) is 0.748. The van der Waals surface area contributed by atoms with Crippen molar-refractivity contribution in [2.45, 2.75) is 63.1 Å². The molecule has 0 radical (unpaired) electrons. The average molecular weight is 226 g/mol. The fourth-order valence-electron chi connectivity index (χ4n) is 3.21. The van der Waals surface area contributed by atoms with E-state index < -0.39 is 0 Å². The number of methoxy groups -OCH3 is 1. The molecule has 94 valence electrons. The van der Waals surface area contributed by atoms with Crippen molar-refractivity contribution in [2.24, 2.45) is 0 Å². The molecule has 0 spiro atoms. The lowest BCUT2D eigenvalue weighted by Crippen LogP contribution is -2.51. The van der Waals surface area contributed by atoms with Crippen molar-refractivity contribution in [2.75, 3.05) is 20.2 Å². The van der Waals surface area contributed by atoms with Crippen LogP contribution in [0.15, 0.2) is 0 Å². The lowest BCUT2D eigenvalue weighted by Gasteiger charge is -2.31. The predicted octanol–water partition coefficient (Wildman–Crippen LogP) is 1.68. The Labute approximate surface area is 99.3 Å². The summed E-state index contributed by atoms with van der Waals surface area (Å²) in [5.74, 6) is 0. The van der Waals surface area contributed by atoms with E-state index in [2.05, 4.69) is 17.6 Å². The zero-order valence-corrected chi connectivity index (χ0v) is 10.7. The first-order valence-electron chi connectivity index (χ1n) is 6.81. The van der Waals surface area contributed by atoms with Gasteiger partial charge in [-0.1, -0.05) is 6.92 Å². The van der Waals surface area contributed by atoms with Crippen LogP contribution in [0.25, 0.3) is 0 Å². The number of nitrogens with one attached hydrogen (secondary N) is 2. The first-order valence-corrected chi connectivity index (χ1v) is 6.81. The van der Waals surface area contributed by atoms with Crippen molar-refractivity contribution in [3.8, 4) is 0 Å². The summed E-state index contributed by atoms with van der Waals surface area (Å²) >= 11 is 0. The highest BCUT2D eigenvalue weighted by Crippen LogP contribution is 2.25. The molecule has 3 unspecified atom stereocenters. The Kier molecular flexibility index (Phi) is 4.22. The highest BCUT2D eigenvalue weighted by Gasteiger charge is 2.34. The summed E-state index contributed by atoms with van der Waals surface area (Å²) < 4.78 is 5.52. The Balaban J connectivity index is 1.81. The molecule has 1 saturated carbocycles. The molecule has 1 aliphatic heterocycles. The second-order valence-electron chi connectivity index (χ2n) is 5.36. The third-order valence-corrected chi connectivity index (χ3v) is 4.47. The third kappa shape index (κ3) is 2.58. The van der Waals surface area contributed by atoms with Gasteiger partial charge in [-0.3, -0.25) is 0 Å². The van der Waals surface area contributed by atoms with Crippen molar-refractivity contribution < 1.29 is 4.74 Å².